The summed E-state index contributed by atoms with van der Waals surface area (Å²) >= 11 is 0. The molecule has 0 atom stereocenters. The minimum Gasteiger partial charge on any atom is -0.351 e. The van der Waals surface area contributed by atoms with Gasteiger partial charge in [0.25, 0.3) is 5.91 Å². The van der Waals surface area contributed by atoms with Crippen LogP contribution in [0.1, 0.15) is 36.3 Å². The van der Waals surface area contributed by atoms with Gasteiger partial charge in [-0.15, -0.1) is 0 Å². The van der Waals surface area contributed by atoms with Crippen molar-refractivity contribution < 1.29 is 4.79 Å². The molecular formula is C22H25N3O. The summed E-state index contributed by atoms with van der Waals surface area (Å²) in [4.78, 5) is 12.8. The number of carbonyl (C=O) groups is 1. The number of rotatable bonds is 6. The molecule has 1 heterocycles. The van der Waals surface area contributed by atoms with Crippen LogP contribution in [-0.4, -0.2) is 22.2 Å². The summed E-state index contributed by atoms with van der Waals surface area (Å²) in [6, 6.07) is 19.8. The molecule has 134 valence electrons. The lowest BCUT2D eigenvalue weighted by atomic mass is 10.1. The lowest BCUT2D eigenvalue weighted by Gasteiger charge is -2.10. The Labute approximate surface area is 154 Å². The van der Waals surface area contributed by atoms with Crippen molar-refractivity contribution in [3.8, 4) is 16.9 Å². The van der Waals surface area contributed by atoms with Gasteiger partial charge in [-0.1, -0.05) is 56.3 Å². The number of amides is 1. The van der Waals surface area contributed by atoms with Gasteiger partial charge in [0.05, 0.1) is 11.4 Å². The lowest BCUT2D eigenvalue weighted by molar-refractivity contribution is 0.0944. The maximum Gasteiger partial charge on any atom is 0.270 e. The fraction of sp³-hybridized carbons (Fsp3) is 0.273. The van der Waals surface area contributed by atoms with E-state index in [1.807, 2.05) is 67.6 Å². The Balaban J connectivity index is 1.98. The first-order chi connectivity index (χ1) is 12.5. The maximum absolute atomic E-state index is 12.8. The van der Waals surface area contributed by atoms with Gasteiger partial charge < -0.3 is 5.32 Å². The van der Waals surface area contributed by atoms with Gasteiger partial charge in [0.1, 0.15) is 5.69 Å². The van der Waals surface area contributed by atoms with Crippen LogP contribution in [0.4, 0.5) is 0 Å². The van der Waals surface area contributed by atoms with E-state index in [2.05, 4.69) is 19.2 Å². The quantitative estimate of drug-likeness (QED) is 0.707. The van der Waals surface area contributed by atoms with E-state index in [-0.39, 0.29) is 5.91 Å². The molecule has 0 fully saturated rings. The number of carbonyl (C=O) groups excluding carboxylic acids is 1. The monoisotopic (exact) mass is 347 g/mol. The lowest BCUT2D eigenvalue weighted by Crippen LogP contribution is -2.27. The third kappa shape index (κ3) is 4.20. The Bertz CT molecular complexity index is 881. The predicted octanol–water partition coefficient (Wildman–Crippen LogP) is 4.62. The van der Waals surface area contributed by atoms with Gasteiger partial charge in [0, 0.05) is 12.1 Å². The molecule has 0 aliphatic heterocycles. The molecule has 1 amide bonds. The second-order valence-corrected chi connectivity index (χ2v) is 6.97. The van der Waals surface area contributed by atoms with Gasteiger partial charge in [0.15, 0.2) is 0 Å². The van der Waals surface area contributed by atoms with Crippen molar-refractivity contribution in [2.45, 2.75) is 27.2 Å². The van der Waals surface area contributed by atoms with Gasteiger partial charge in [-0.05, 0) is 43.0 Å². The van der Waals surface area contributed by atoms with Gasteiger partial charge in [0.2, 0.25) is 0 Å². The second-order valence-electron chi connectivity index (χ2n) is 6.97. The molecule has 0 spiro atoms. The average Bonchev–Trinajstić information content (AvgIpc) is 3.07. The van der Waals surface area contributed by atoms with Crippen molar-refractivity contribution in [1.82, 2.24) is 15.1 Å². The van der Waals surface area contributed by atoms with Gasteiger partial charge in [-0.3, -0.25) is 4.79 Å². The van der Waals surface area contributed by atoms with Crippen molar-refractivity contribution >= 4 is 5.91 Å². The van der Waals surface area contributed by atoms with E-state index < -0.39 is 0 Å². The zero-order chi connectivity index (χ0) is 18.5. The van der Waals surface area contributed by atoms with Crippen molar-refractivity contribution in [3.63, 3.8) is 0 Å². The molecule has 26 heavy (non-hydrogen) atoms. The highest BCUT2D eigenvalue weighted by molar-refractivity contribution is 5.94. The summed E-state index contributed by atoms with van der Waals surface area (Å²) in [5, 5.41) is 7.73. The molecule has 0 aliphatic rings. The molecule has 0 unspecified atom stereocenters. The second kappa shape index (κ2) is 8.00. The van der Waals surface area contributed by atoms with Gasteiger partial charge in [-0.25, -0.2) is 4.68 Å². The van der Waals surface area contributed by atoms with Gasteiger partial charge >= 0.3 is 0 Å². The summed E-state index contributed by atoms with van der Waals surface area (Å²) in [5.41, 5.74) is 4.36. The first kappa shape index (κ1) is 17.9. The molecule has 4 nitrogen and oxygen atoms in total. The molecule has 0 saturated carbocycles. The van der Waals surface area contributed by atoms with E-state index in [9.17, 15) is 4.79 Å². The largest absolute Gasteiger partial charge is 0.351 e. The molecule has 0 radical (unpaired) electrons. The van der Waals surface area contributed by atoms with Crippen LogP contribution in [0.3, 0.4) is 0 Å². The average molecular weight is 347 g/mol. The van der Waals surface area contributed by atoms with E-state index in [0.717, 1.165) is 28.9 Å². The van der Waals surface area contributed by atoms with Crippen molar-refractivity contribution in [2.75, 3.05) is 6.54 Å². The highest BCUT2D eigenvalue weighted by Crippen LogP contribution is 2.22. The third-order valence-electron chi connectivity index (χ3n) is 4.27. The first-order valence-electron chi connectivity index (χ1n) is 9.05. The molecule has 0 saturated heterocycles. The fourth-order valence-electron chi connectivity index (χ4n) is 2.81. The van der Waals surface area contributed by atoms with Crippen LogP contribution >= 0.6 is 0 Å². The molecule has 0 aliphatic carbocycles. The number of hydrogen-bond donors (Lipinski definition) is 1. The fourth-order valence-corrected chi connectivity index (χ4v) is 2.81. The Kier molecular flexibility index (Phi) is 5.52. The summed E-state index contributed by atoms with van der Waals surface area (Å²) in [6.45, 7) is 7.00. The highest BCUT2D eigenvalue weighted by atomic mass is 16.2. The number of benzene rings is 2. The molecule has 1 aromatic heterocycles. The van der Waals surface area contributed by atoms with Crippen molar-refractivity contribution in [2.24, 2.45) is 5.92 Å². The zero-order valence-corrected chi connectivity index (χ0v) is 15.6. The number of aryl methyl sites for hydroxylation is 1. The first-order valence-corrected chi connectivity index (χ1v) is 9.05. The minimum atomic E-state index is -0.0955. The minimum absolute atomic E-state index is 0.0955. The zero-order valence-electron chi connectivity index (χ0n) is 15.6. The van der Waals surface area contributed by atoms with E-state index in [4.69, 9.17) is 5.10 Å². The summed E-state index contributed by atoms with van der Waals surface area (Å²) in [7, 11) is 0. The summed E-state index contributed by atoms with van der Waals surface area (Å²) < 4.78 is 1.74. The van der Waals surface area contributed by atoms with Crippen molar-refractivity contribution in [1.29, 1.82) is 0 Å². The summed E-state index contributed by atoms with van der Waals surface area (Å²) in [5.74, 6) is 0.457. The predicted molar refractivity (Wildman–Crippen MR) is 106 cm³/mol. The number of nitrogens with one attached hydrogen (secondary N) is 1. The molecule has 3 rings (SSSR count). The number of hydrogen-bond acceptors (Lipinski definition) is 2. The van der Waals surface area contributed by atoms with E-state index >= 15 is 0 Å². The SMILES string of the molecule is Cc1cccc(-n2nc(-c3ccccc3)cc2C(=O)NCCC(C)C)c1. The third-order valence-corrected chi connectivity index (χ3v) is 4.27. The van der Waals surface area contributed by atoms with E-state index in [1.54, 1.807) is 4.68 Å². The molecule has 1 N–H and O–H groups in total. The normalized spacial score (nSPS) is 10.9. The Hall–Kier alpha value is -2.88. The highest BCUT2D eigenvalue weighted by Gasteiger charge is 2.17. The van der Waals surface area contributed by atoms with E-state index in [0.29, 0.717) is 18.2 Å². The van der Waals surface area contributed by atoms with Gasteiger partial charge in [-0.2, -0.15) is 5.10 Å². The standard InChI is InChI=1S/C22H25N3O/c1-16(2)12-13-23-22(26)21-15-20(18-9-5-4-6-10-18)24-25(21)19-11-7-8-17(3)14-19/h4-11,14-16H,12-13H2,1-3H3,(H,23,26). The van der Waals surface area contributed by atoms with Crippen LogP contribution in [0.25, 0.3) is 16.9 Å². The molecular weight excluding hydrogens is 322 g/mol. The van der Waals surface area contributed by atoms with E-state index in [1.165, 1.54) is 0 Å². The topological polar surface area (TPSA) is 46.9 Å². The van der Waals surface area contributed by atoms with Crippen molar-refractivity contribution in [3.05, 3.63) is 71.9 Å². The van der Waals surface area contributed by atoms with Crippen LogP contribution in [0.5, 0.6) is 0 Å². The number of nitrogens with zero attached hydrogens (tertiary/aromatic N) is 2. The Morgan fingerprint density at radius 3 is 2.54 bits per heavy atom. The Morgan fingerprint density at radius 2 is 1.85 bits per heavy atom. The molecule has 0 bridgehead atoms. The number of aromatic nitrogens is 2. The van der Waals surface area contributed by atoms with Crippen LogP contribution in [-0.2, 0) is 0 Å². The molecule has 3 aromatic rings. The van der Waals surface area contributed by atoms with Crippen LogP contribution in [0.2, 0.25) is 0 Å². The maximum atomic E-state index is 12.8. The summed E-state index contributed by atoms with van der Waals surface area (Å²) in [6.07, 6.45) is 0.954. The smallest absolute Gasteiger partial charge is 0.270 e. The van der Waals surface area contributed by atoms with Crippen LogP contribution < -0.4 is 5.32 Å². The molecule has 2 aromatic carbocycles. The Morgan fingerprint density at radius 1 is 1.08 bits per heavy atom. The van der Waals surface area contributed by atoms with Crippen LogP contribution in [0.15, 0.2) is 60.7 Å². The molecule has 4 heteroatoms. The van der Waals surface area contributed by atoms with Crippen LogP contribution in [0, 0.1) is 12.8 Å².